The fourth-order valence-corrected chi connectivity index (χ4v) is 6.10. The molecule has 3 unspecified atom stereocenters. The third kappa shape index (κ3) is 3.75. The van der Waals surface area contributed by atoms with E-state index in [9.17, 15) is 0 Å². The Bertz CT molecular complexity index is 471. The van der Waals surface area contributed by atoms with Crippen molar-refractivity contribution in [2.24, 2.45) is 5.41 Å². The Balaban J connectivity index is 6.84. The number of quaternary nitrogens is 1. The maximum atomic E-state index is 2.65. The van der Waals surface area contributed by atoms with Crippen molar-refractivity contribution in [2.45, 2.75) is 138 Å². The zero-order valence-corrected chi connectivity index (χ0v) is 21.9. The van der Waals surface area contributed by atoms with Gasteiger partial charge in [-0.15, -0.1) is 0 Å². The van der Waals surface area contributed by atoms with Crippen molar-refractivity contribution in [3.05, 3.63) is 0 Å². The number of hydrogen-bond acceptors (Lipinski definition) is 1. The Hall–Kier alpha value is -0.0800. The van der Waals surface area contributed by atoms with Crippen LogP contribution in [0.5, 0.6) is 0 Å². The molecule has 0 fully saturated rings. The summed E-state index contributed by atoms with van der Waals surface area (Å²) in [6.45, 7) is 32.9. The van der Waals surface area contributed by atoms with Gasteiger partial charge in [0, 0.05) is 11.0 Å². The first kappa shape index (κ1) is 26.9. The number of rotatable bonds is 10. The molecule has 0 heterocycles. The normalized spacial score (nSPS) is 20.9. The van der Waals surface area contributed by atoms with E-state index in [0.717, 1.165) is 17.4 Å². The van der Waals surface area contributed by atoms with E-state index in [4.69, 9.17) is 0 Å². The first-order valence-electron chi connectivity index (χ1n) is 11.6. The van der Waals surface area contributed by atoms with Crippen LogP contribution in [0.15, 0.2) is 0 Å². The largest absolute Gasteiger partial charge is 0.315 e. The van der Waals surface area contributed by atoms with Gasteiger partial charge >= 0.3 is 0 Å². The lowest BCUT2D eigenvalue weighted by Gasteiger charge is -2.68. The standard InChI is InChI=1S/C25H55N2/c1-16-23(11,17-2)25(13,19-4)27(15,20-5)22(9,10)24(12,18-3)26(14)21(6,7)8/h16-20H2,1-15H3/q+1. The highest BCUT2D eigenvalue weighted by atomic mass is 15.5. The SMILES string of the molecule is CCC(C)(CC)C(C)(CC)[N+](C)(CC)C(C)(C)C(C)(CC)N(C)C(C)(C)C. The Morgan fingerprint density at radius 1 is 0.667 bits per heavy atom. The van der Waals surface area contributed by atoms with Crippen LogP contribution in [0.2, 0.25) is 0 Å². The van der Waals surface area contributed by atoms with Crippen molar-refractivity contribution >= 4 is 0 Å². The minimum Gasteiger partial charge on any atom is -0.315 e. The molecule has 0 amide bonds. The highest BCUT2D eigenvalue weighted by Gasteiger charge is 2.64. The second-order valence-electron chi connectivity index (χ2n) is 11.3. The molecule has 0 saturated heterocycles. The van der Waals surface area contributed by atoms with Crippen LogP contribution < -0.4 is 0 Å². The van der Waals surface area contributed by atoms with Crippen LogP contribution in [0.25, 0.3) is 0 Å². The van der Waals surface area contributed by atoms with Crippen molar-refractivity contribution < 1.29 is 4.48 Å². The molecule has 2 nitrogen and oxygen atoms in total. The summed E-state index contributed by atoms with van der Waals surface area (Å²) in [6.07, 6.45) is 4.82. The van der Waals surface area contributed by atoms with Crippen molar-refractivity contribution in [3.63, 3.8) is 0 Å². The molecule has 0 aromatic carbocycles. The second kappa shape index (κ2) is 8.34. The summed E-state index contributed by atoms with van der Waals surface area (Å²) >= 11 is 0. The van der Waals surface area contributed by atoms with Gasteiger partial charge in [-0.2, -0.15) is 0 Å². The lowest BCUT2D eigenvalue weighted by Crippen LogP contribution is -2.82. The average Bonchev–Trinajstić information content (AvgIpc) is 2.62. The Kier molecular flexibility index (Phi) is 8.32. The van der Waals surface area contributed by atoms with Crippen molar-refractivity contribution in [2.75, 3.05) is 20.6 Å². The quantitative estimate of drug-likeness (QED) is 0.363. The summed E-state index contributed by atoms with van der Waals surface area (Å²) in [6, 6.07) is 0. The third-order valence-electron chi connectivity index (χ3n) is 10.3. The van der Waals surface area contributed by atoms with E-state index in [-0.39, 0.29) is 22.2 Å². The molecule has 0 radical (unpaired) electrons. The maximum absolute atomic E-state index is 2.65. The van der Waals surface area contributed by atoms with Crippen LogP contribution >= 0.6 is 0 Å². The van der Waals surface area contributed by atoms with Crippen molar-refractivity contribution in [1.29, 1.82) is 0 Å². The van der Waals surface area contributed by atoms with Crippen LogP contribution in [0.3, 0.4) is 0 Å². The second-order valence-corrected chi connectivity index (χ2v) is 11.3. The number of hydrogen-bond donors (Lipinski definition) is 0. The molecule has 0 aliphatic rings. The Labute approximate surface area is 173 Å². The monoisotopic (exact) mass is 383 g/mol. The molecule has 0 N–H and O–H groups in total. The molecule has 0 rings (SSSR count). The zero-order chi connectivity index (χ0) is 22.1. The van der Waals surface area contributed by atoms with Crippen LogP contribution in [-0.2, 0) is 0 Å². The topological polar surface area (TPSA) is 3.24 Å². The molecule has 0 aliphatic carbocycles. The molecule has 0 aliphatic heterocycles. The predicted molar refractivity (Wildman–Crippen MR) is 124 cm³/mol. The van der Waals surface area contributed by atoms with E-state index in [1.54, 1.807) is 0 Å². The molecule has 0 aromatic rings. The first-order chi connectivity index (χ1) is 12.0. The summed E-state index contributed by atoms with van der Waals surface area (Å²) in [4.78, 5) is 2.65. The molecule has 0 aromatic heterocycles. The number of likely N-dealkylation sites (N-methyl/N-ethyl adjacent to an activating group) is 2. The van der Waals surface area contributed by atoms with E-state index >= 15 is 0 Å². The van der Waals surface area contributed by atoms with Gasteiger partial charge in [-0.3, -0.25) is 4.90 Å². The van der Waals surface area contributed by atoms with Crippen LogP contribution in [0.4, 0.5) is 0 Å². The lowest BCUT2D eigenvalue weighted by atomic mass is 9.61. The van der Waals surface area contributed by atoms with Gasteiger partial charge in [0.1, 0.15) is 11.1 Å². The zero-order valence-electron chi connectivity index (χ0n) is 21.9. The molecule has 3 atom stereocenters. The van der Waals surface area contributed by atoms with Crippen molar-refractivity contribution in [3.8, 4) is 0 Å². The molecular formula is C25H55N2+. The molecule has 2 heteroatoms. The smallest absolute Gasteiger partial charge is 0.112 e. The van der Waals surface area contributed by atoms with Gasteiger partial charge in [-0.05, 0) is 88.1 Å². The number of nitrogens with zero attached hydrogens (tertiary/aromatic N) is 2. The minimum atomic E-state index is 0.0921. The summed E-state index contributed by atoms with van der Waals surface area (Å²) in [5.74, 6) is 0. The summed E-state index contributed by atoms with van der Waals surface area (Å²) in [7, 11) is 4.89. The molecule has 0 bridgehead atoms. The molecule has 0 saturated carbocycles. The van der Waals surface area contributed by atoms with E-state index in [1.807, 2.05) is 0 Å². The summed E-state index contributed by atoms with van der Waals surface area (Å²) in [5.41, 5.74) is 0.856. The van der Waals surface area contributed by atoms with Gasteiger partial charge in [-0.25, -0.2) is 0 Å². The van der Waals surface area contributed by atoms with Crippen LogP contribution in [-0.4, -0.2) is 52.2 Å². The molecule has 0 spiro atoms. The Morgan fingerprint density at radius 2 is 1.07 bits per heavy atom. The van der Waals surface area contributed by atoms with Gasteiger partial charge < -0.3 is 4.48 Å². The molecule has 27 heavy (non-hydrogen) atoms. The summed E-state index contributed by atoms with van der Waals surface area (Å²) < 4.78 is 1.10. The maximum Gasteiger partial charge on any atom is 0.112 e. The van der Waals surface area contributed by atoms with Gasteiger partial charge in [0.2, 0.25) is 0 Å². The minimum absolute atomic E-state index is 0.0921. The fraction of sp³-hybridized carbons (Fsp3) is 1.00. The van der Waals surface area contributed by atoms with Gasteiger partial charge in [-0.1, -0.05) is 34.6 Å². The average molecular weight is 384 g/mol. The van der Waals surface area contributed by atoms with E-state index in [1.165, 1.54) is 19.3 Å². The third-order valence-corrected chi connectivity index (χ3v) is 10.3. The first-order valence-corrected chi connectivity index (χ1v) is 11.6. The van der Waals surface area contributed by atoms with Crippen molar-refractivity contribution in [1.82, 2.24) is 4.90 Å². The highest BCUT2D eigenvalue weighted by molar-refractivity contribution is 5.06. The fourth-order valence-electron chi connectivity index (χ4n) is 6.10. The Morgan fingerprint density at radius 3 is 1.30 bits per heavy atom. The van der Waals surface area contributed by atoms with Crippen LogP contribution in [0.1, 0.15) is 116 Å². The van der Waals surface area contributed by atoms with Crippen LogP contribution in [0, 0.1) is 5.41 Å². The predicted octanol–water partition coefficient (Wildman–Crippen LogP) is 7.13. The lowest BCUT2D eigenvalue weighted by molar-refractivity contribution is -1.01. The van der Waals surface area contributed by atoms with E-state index in [0.29, 0.717) is 5.41 Å². The van der Waals surface area contributed by atoms with Gasteiger partial charge in [0.15, 0.2) is 0 Å². The van der Waals surface area contributed by atoms with E-state index in [2.05, 4.69) is 109 Å². The highest BCUT2D eigenvalue weighted by Crippen LogP contribution is 2.54. The van der Waals surface area contributed by atoms with Gasteiger partial charge in [0.25, 0.3) is 0 Å². The van der Waals surface area contributed by atoms with E-state index < -0.39 is 0 Å². The summed E-state index contributed by atoms with van der Waals surface area (Å²) in [5, 5.41) is 0. The molecular weight excluding hydrogens is 328 g/mol. The molecule has 164 valence electrons. The van der Waals surface area contributed by atoms with Gasteiger partial charge in [0.05, 0.1) is 19.1 Å².